The van der Waals surface area contributed by atoms with Crippen molar-refractivity contribution in [1.82, 2.24) is 14.8 Å². The van der Waals surface area contributed by atoms with Crippen molar-refractivity contribution in [2.24, 2.45) is 10.2 Å². The molecule has 1 fully saturated rings. The standard InChI is InChI=1S/C20H21N5O3S/c1-28-15-4-2-14(3-5-15)17-13-29-19(21-17)12-24-8-10-25(11-9-24)20(27)16-6-7-18(26)23-22-16/h2-7,13,16H,8-12H2,1H3. The molecule has 0 spiro atoms. The number of ether oxygens (including phenoxy) is 1. The molecular formula is C20H21N5O3S. The van der Waals surface area contributed by atoms with Crippen molar-refractivity contribution in [3.8, 4) is 17.0 Å². The zero-order chi connectivity index (χ0) is 20.2. The van der Waals surface area contributed by atoms with Crippen LogP contribution in [0.25, 0.3) is 11.3 Å². The average Bonchev–Trinajstić information content (AvgIpc) is 3.23. The number of carbonyl (C=O) groups excluding carboxylic acids is 2. The third-order valence-electron chi connectivity index (χ3n) is 4.94. The molecule has 1 aromatic carbocycles. The van der Waals surface area contributed by atoms with Crippen LogP contribution in [0.4, 0.5) is 0 Å². The van der Waals surface area contributed by atoms with Crippen molar-refractivity contribution in [3.05, 3.63) is 46.8 Å². The van der Waals surface area contributed by atoms with Gasteiger partial charge in [0.15, 0.2) is 6.04 Å². The molecule has 0 bridgehead atoms. The van der Waals surface area contributed by atoms with Crippen molar-refractivity contribution in [3.63, 3.8) is 0 Å². The van der Waals surface area contributed by atoms with Crippen molar-refractivity contribution in [1.29, 1.82) is 0 Å². The highest BCUT2D eigenvalue weighted by Gasteiger charge is 2.27. The predicted molar refractivity (Wildman–Crippen MR) is 109 cm³/mol. The minimum atomic E-state index is -0.676. The van der Waals surface area contributed by atoms with Gasteiger partial charge in [-0.25, -0.2) is 4.98 Å². The maximum atomic E-state index is 12.5. The Hall–Kier alpha value is -2.91. The molecule has 0 aliphatic carbocycles. The van der Waals surface area contributed by atoms with Crippen LogP contribution >= 0.6 is 11.3 Å². The molecule has 2 aliphatic rings. The van der Waals surface area contributed by atoms with Gasteiger partial charge in [0.1, 0.15) is 10.8 Å². The number of nitrogens with zero attached hydrogens (tertiary/aromatic N) is 5. The topological polar surface area (TPSA) is 87.5 Å². The third-order valence-corrected chi connectivity index (χ3v) is 5.77. The van der Waals surface area contributed by atoms with Gasteiger partial charge < -0.3 is 9.64 Å². The lowest BCUT2D eigenvalue weighted by atomic mass is 10.2. The first kappa shape index (κ1) is 19.4. The van der Waals surface area contributed by atoms with Gasteiger partial charge in [0.2, 0.25) is 0 Å². The number of carbonyl (C=O) groups is 2. The molecule has 2 amide bonds. The fourth-order valence-electron chi connectivity index (χ4n) is 3.28. The second-order valence-electron chi connectivity index (χ2n) is 6.81. The van der Waals surface area contributed by atoms with Crippen molar-refractivity contribution < 1.29 is 14.3 Å². The Morgan fingerprint density at radius 1 is 1.21 bits per heavy atom. The number of aromatic nitrogens is 1. The van der Waals surface area contributed by atoms with Crippen LogP contribution in [0, 0.1) is 0 Å². The Balaban J connectivity index is 1.30. The molecule has 150 valence electrons. The molecule has 0 saturated carbocycles. The summed E-state index contributed by atoms with van der Waals surface area (Å²) in [6.07, 6.45) is 2.81. The molecule has 1 aromatic heterocycles. The largest absolute Gasteiger partial charge is 0.497 e. The van der Waals surface area contributed by atoms with E-state index >= 15 is 0 Å². The van der Waals surface area contributed by atoms with E-state index in [2.05, 4.69) is 20.5 Å². The number of rotatable bonds is 5. The summed E-state index contributed by atoms with van der Waals surface area (Å²) in [4.78, 5) is 32.4. The lowest BCUT2D eigenvalue weighted by Gasteiger charge is -2.35. The highest BCUT2D eigenvalue weighted by Crippen LogP contribution is 2.25. The van der Waals surface area contributed by atoms with Gasteiger partial charge in [0.05, 0.1) is 19.3 Å². The molecule has 3 heterocycles. The van der Waals surface area contributed by atoms with E-state index < -0.39 is 11.9 Å². The van der Waals surface area contributed by atoms with Gasteiger partial charge in [0.25, 0.3) is 11.8 Å². The summed E-state index contributed by atoms with van der Waals surface area (Å²) in [5.74, 6) is 0.304. The SMILES string of the molecule is COc1ccc(-c2csc(CN3CCN(C(=O)C4C=CC(=O)N=N4)CC3)n2)cc1. The smallest absolute Gasteiger partial charge is 0.287 e. The summed E-state index contributed by atoms with van der Waals surface area (Å²) in [5, 5.41) is 10.4. The number of thiazole rings is 1. The van der Waals surface area contributed by atoms with E-state index in [1.165, 1.54) is 12.2 Å². The summed E-state index contributed by atoms with van der Waals surface area (Å²) < 4.78 is 5.20. The highest BCUT2D eigenvalue weighted by molar-refractivity contribution is 7.09. The maximum Gasteiger partial charge on any atom is 0.287 e. The molecule has 1 saturated heterocycles. The van der Waals surface area contributed by atoms with Gasteiger partial charge in [-0.3, -0.25) is 14.5 Å². The lowest BCUT2D eigenvalue weighted by Crippen LogP contribution is -2.50. The minimum absolute atomic E-state index is 0.104. The first-order valence-electron chi connectivity index (χ1n) is 9.35. The molecule has 0 radical (unpaired) electrons. The van der Waals surface area contributed by atoms with E-state index in [9.17, 15) is 9.59 Å². The molecule has 9 heteroatoms. The highest BCUT2D eigenvalue weighted by atomic mass is 32.1. The third kappa shape index (κ3) is 4.57. The molecule has 0 N–H and O–H groups in total. The van der Waals surface area contributed by atoms with E-state index in [1.807, 2.05) is 24.3 Å². The number of piperazine rings is 1. The molecule has 1 unspecified atom stereocenters. The maximum absolute atomic E-state index is 12.5. The van der Waals surface area contributed by atoms with Gasteiger partial charge in [-0.1, -0.05) is 0 Å². The van der Waals surface area contributed by atoms with Crippen LogP contribution in [-0.4, -0.2) is 65.9 Å². The van der Waals surface area contributed by atoms with Crippen LogP contribution in [0.2, 0.25) is 0 Å². The summed E-state index contributed by atoms with van der Waals surface area (Å²) in [5.41, 5.74) is 2.03. The number of benzene rings is 1. The monoisotopic (exact) mass is 411 g/mol. The summed E-state index contributed by atoms with van der Waals surface area (Å²) in [7, 11) is 1.65. The lowest BCUT2D eigenvalue weighted by molar-refractivity contribution is -0.133. The molecule has 8 nitrogen and oxygen atoms in total. The number of methoxy groups -OCH3 is 1. The van der Waals surface area contributed by atoms with Crippen LogP contribution < -0.4 is 4.74 Å². The average molecular weight is 411 g/mol. The summed E-state index contributed by atoms with van der Waals surface area (Å²) in [6.45, 7) is 3.57. The van der Waals surface area contributed by atoms with Crippen molar-refractivity contribution in [2.45, 2.75) is 12.6 Å². The van der Waals surface area contributed by atoms with E-state index in [1.54, 1.807) is 23.3 Å². The first-order valence-corrected chi connectivity index (χ1v) is 10.2. The van der Waals surface area contributed by atoms with E-state index in [0.29, 0.717) is 13.1 Å². The molecule has 29 heavy (non-hydrogen) atoms. The zero-order valence-corrected chi connectivity index (χ0v) is 16.8. The zero-order valence-electron chi connectivity index (χ0n) is 16.0. The molecule has 2 aromatic rings. The van der Waals surface area contributed by atoms with Crippen LogP contribution in [0.1, 0.15) is 5.01 Å². The van der Waals surface area contributed by atoms with Crippen LogP contribution in [0.5, 0.6) is 5.75 Å². The van der Waals surface area contributed by atoms with Gasteiger partial charge in [-0.05, 0) is 30.3 Å². The van der Waals surface area contributed by atoms with Gasteiger partial charge in [0, 0.05) is 43.2 Å². The number of hydrogen-bond acceptors (Lipinski definition) is 7. The van der Waals surface area contributed by atoms with E-state index in [0.717, 1.165) is 41.6 Å². The Kier molecular flexibility index (Phi) is 5.77. The minimum Gasteiger partial charge on any atom is -0.497 e. The Morgan fingerprint density at radius 3 is 2.62 bits per heavy atom. The fraction of sp³-hybridized carbons (Fsp3) is 0.350. The molecule has 2 aliphatic heterocycles. The predicted octanol–water partition coefficient (Wildman–Crippen LogP) is 2.38. The first-order chi connectivity index (χ1) is 14.1. The van der Waals surface area contributed by atoms with Gasteiger partial charge >= 0.3 is 0 Å². The van der Waals surface area contributed by atoms with Crippen molar-refractivity contribution in [2.75, 3.05) is 33.3 Å². The fourth-order valence-corrected chi connectivity index (χ4v) is 4.12. The number of azo groups is 1. The van der Waals surface area contributed by atoms with Crippen LogP contribution in [-0.2, 0) is 16.1 Å². The van der Waals surface area contributed by atoms with E-state index in [-0.39, 0.29) is 5.91 Å². The number of amides is 2. The Morgan fingerprint density at radius 2 is 1.97 bits per heavy atom. The second kappa shape index (κ2) is 8.62. The van der Waals surface area contributed by atoms with Gasteiger partial charge in [-0.2, -0.15) is 5.11 Å². The molecule has 1 atom stereocenters. The number of hydrogen-bond donors (Lipinski definition) is 0. The Labute approximate surface area is 172 Å². The normalized spacial score (nSPS) is 19.6. The molecular weight excluding hydrogens is 390 g/mol. The Bertz CT molecular complexity index is 929. The van der Waals surface area contributed by atoms with Crippen LogP contribution in [0.3, 0.4) is 0 Å². The summed E-state index contributed by atoms with van der Waals surface area (Å²) >= 11 is 1.64. The van der Waals surface area contributed by atoms with Crippen LogP contribution in [0.15, 0.2) is 52.0 Å². The summed E-state index contributed by atoms with van der Waals surface area (Å²) in [6, 6.07) is 7.20. The van der Waals surface area contributed by atoms with Crippen molar-refractivity contribution >= 4 is 23.2 Å². The van der Waals surface area contributed by atoms with Gasteiger partial charge in [-0.15, -0.1) is 16.5 Å². The quantitative estimate of drug-likeness (QED) is 0.754. The second-order valence-corrected chi connectivity index (χ2v) is 7.76. The molecule has 4 rings (SSSR count). The van der Waals surface area contributed by atoms with E-state index in [4.69, 9.17) is 9.72 Å².